The summed E-state index contributed by atoms with van der Waals surface area (Å²) in [5.74, 6) is 0. The predicted molar refractivity (Wildman–Crippen MR) is 89.9 cm³/mol. The minimum absolute atomic E-state index is 0.247. The first-order chi connectivity index (χ1) is 10.1. The Morgan fingerprint density at radius 1 is 1.19 bits per heavy atom. The molecule has 3 heteroatoms. The van der Waals surface area contributed by atoms with Crippen molar-refractivity contribution in [1.29, 1.82) is 0 Å². The zero-order valence-electron chi connectivity index (χ0n) is 13.0. The summed E-state index contributed by atoms with van der Waals surface area (Å²) >= 11 is 6.28. The van der Waals surface area contributed by atoms with Crippen LogP contribution in [0.3, 0.4) is 0 Å². The third-order valence-electron chi connectivity index (χ3n) is 3.75. The molecule has 1 aromatic heterocycles. The number of hydrogen-bond acceptors (Lipinski definition) is 2. The molecule has 0 aliphatic carbocycles. The lowest BCUT2D eigenvalue weighted by Gasteiger charge is -2.20. The van der Waals surface area contributed by atoms with Crippen LogP contribution in [-0.2, 0) is 6.42 Å². The van der Waals surface area contributed by atoms with E-state index in [0.717, 1.165) is 35.7 Å². The summed E-state index contributed by atoms with van der Waals surface area (Å²) < 4.78 is 0. The van der Waals surface area contributed by atoms with Gasteiger partial charge < -0.3 is 5.32 Å². The van der Waals surface area contributed by atoms with Gasteiger partial charge >= 0.3 is 0 Å². The Labute approximate surface area is 132 Å². The molecule has 1 N–H and O–H groups in total. The number of nitrogens with zero attached hydrogens (tertiary/aromatic N) is 1. The highest BCUT2D eigenvalue weighted by atomic mass is 35.5. The summed E-state index contributed by atoms with van der Waals surface area (Å²) in [5, 5.41) is 4.44. The molecule has 0 radical (unpaired) electrons. The summed E-state index contributed by atoms with van der Waals surface area (Å²) in [6.45, 7) is 7.31. The number of aryl methyl sites for hydroxylation is 2. The van der Waals surface area contributed by atoms with E-state index in [1.165, 1.54) is 11.1 Å². The number of benzene rings is 1. The Balaban J connectivity index is 2.25. The van der Waals surface area contributed by atoms with Gasteiger partial charge in [-0.05, 0) is 55.6 Å². The molecule has 0 aliphatic rings. The second-order valence-corrected chi connectivity index (χ2v) is 5.89. The van der Waals surface area contributed by atoms with E-state index in [9.17, 15) is 0 Å². The summed E-state index contributed by atoms with van der Waals surface area (Å²) in [5.41, 5.74) is 4.72. The Morgan fingerprint density at radius 2 is 2.00 bits per heavy atom. The lowest BCUT2D eigenvalue weighted by Crippen LogP contribution is -2.24. The standard InChI is InChI=1S/C18H23ClN2/c1-4-9-20-18(12-17-14(3)6-5-10-21-17)15-8-7-13(2)16(19)11-15/h5-8,10-11,18,20H,4,9,12H2,1-3H3. The molecule has 2 rings (SSSR count). The first-order valence-corrected chi connectivity index (χ1v) is 7.89. The lowest BCUT2D eigenvalue weighted by atomic mass is 9.98. The Hall–Kier alpha value is -1.38. The lowest BCUT2D eigenvalue weighted by molar-refractivity contribution is 0.523. The number of pyridine rings is 1. The van der Waals surface area contributed by atoms with E-state index in [2.05, 4.69) is 48.4 Å². The van der Waals surface area contributed by atoms with E-state index in [4.69, 9.17) is 11.6 Å². The largest absolute Gasteiger partial charge is 0.310 e. The average Bonchev–Trinajstić information content (AvgIpc) is 2.48. The second-order valence-electron chi connectivity index (χ2n) is 5.49. The van der Waals surface area contributed by atoms with Crippen molar-refractivity contribution < 1.29 is 0 Å². The maximum Gasteiger partial charge on any atom is 0.0451 e. The molecule has 1 unspecified atom stereocenters. The minimum atomic E-state index is 0.247. The van der Waals surface area contributed by atoms with Gasteiger partial charge in [0.1, 0.15) is 0 Å². The van der Waals surface area contributed by atoms with Gasteiger partial charge in [0, 0.05) is 29.4 Å². The fourth-order valence-electron chi connectivity index (χ4n) is 2.38. The molecule has 0 amide bonds. The van der Waals surface area contributed by atoms with Gasteiger partial charge in [0.05, 0.1) is 0 Å². The molecule has 112 valence electrons. The van der Waals surface area contributed by atoms with Gasteiger partial charge in [0.2, 0.25) is 0 Å². The molecule has 1 heterocycles. The molecule has 21 heavy (non-hydrogen) atoms. The average molecular weight is 303 g/mol. The maximum atomic E-state index is 6.28. The number of hydrogen-bond donors (Lipinski definition) is 1. The monoisotopic (exact) mass is 302 g/mol. The molecule has 0 bridgehead atoms. The van der Waals surface area contributed by atoms with Crippen molar-refractivity contribution in [3.8, 4) is 0 Å². The zero-order chi connectivity index (χ0) is 15.2. The molecular formula is C18H23ClN2. The fourth-order valence-corrected chi connectivity index (χ4v) is 2.57. The summed E-state index contributed by atoms with van der Waals surface area (Å²) in [7, 11) is 0. The van der Waals surface area contributed by atoms with Gasteiger partial charge in [-0.2, -0.15) is 0 Å². The van der Waals surface area contributed by atoms with Crippen LogP contribution >= 0.6 is 11.6 Å². The first-order valence-electron chi connectivity index (χ1n) is 7.51. The summed E-state index contributed by atoms with van der Waals surface area (Å²) in [4.78, 5) is 4.52. The van der Waals surface area contributed by atoms with E-state index >= 15 is 0 Å². The van der Waals surface area contributed by atoms with E-state index in [-0.39, 0.29) is 6.04 Å². The first kappa shape index (κ1) is 16.0. The van der Waals surface area contributed by atoms with Crippen molar-refractivity contribution >= 4 is 11.6 Å². The molecule has 0 saturated carbocycles. The van der Waals surface area contributed by atoms with Crippen LogP contribution in [0.4, 0.5) is 0 Å². The summed E-state index contributed by atoms with van der Waals surface area (Å²) in [6.07, 6.45) is 3.85. The number of halogens is 1. The van der Waals surface area contributed by atoms with Gasteiger partial charge in [-0.1, -0.05) is 36.7 Å². The SMILES string of the molecule is CCCNC(Cc1ncccc1C)c1ccc(C)c(Cl)c1. The fraction of sp³-hybridized carbons (Fsp3) is 0.389. The predicted octanol–water partition coefficient (Wildman–Crippen LogP) is 4.64. The molecule has 2 aromatic rings. The van der Waals surface area contributed by atoms with Crippen molar-refractivity contribution in [2.75, 3.05) is 6.54 Å². The molecule has 1 atom stereocenters. The van der Waals surface area contributed by atoms with Gasteiger partial charge in [0.25, 0.3) is 0 Å². The zero-order valence-corrected chi connectivity index (χ0v) is 13.7. The summed E-state index contributed by atoms with van der Waals surface area (Å²) in [6, 6.07) is 10.7. The van der Waals surface area contributed by atoms with Crippen LogP contribution in [0.15, 0.2) is 36.5 Å². The van der Waals surface area contributed by atoms with Crippen molar-refractivity contribution in [2.45, 2.75) is 39.7 Å². The van der Waals surface area contributed by atoms with Crippen molar-refractivity contribution in [2.24, 2.45) is 0 Å². The number of rotatable bonds is 6. The molecule has 0 aliphatic heterocycles. The van der Waals surface area contributed by atoms with Crippen LogP contribution in [0.2, 0.25) is 5.02 Å². The molecule has 1 aromatic carbocycles. The van der Waals surface area contributed by atoms with Crippen LogP contribution in [-0.4, -0.2) is 11.5 Å². The Bertz CT molecular complexity index is 596. The smallest absolute Gasteiger partial charge is 0.0451 e. The molecular weight excluding hydrogens is 280 g/mol. The molecule has 0 fully saturated rings. The normalized spacial score (nSPS) is 12.4. The van der Waals surface area contributed by atoms with E-state index < -0.39 is 0 Å². The van der Waals surface area contributed by atoms with Crippen LogP contribution in [0.1, 0.15) is 41.8 Å². The molecule has 0 saturated heterocycles. The van der Waals surface area contributed by atoms with Gasteiger partial charge in [0.15, 0.2) is 0 Å². The van der Waals surface area contributed by atoms with Gasteiger partial charge in [-0.15, -0.1) is 0 Å². The Morgan fingerprint density at radius 3 is 2.67 bits per heavy atom. The van der Waals surface area contributed by atoms with Crippen LogP contribution in [0, 0.1) is 13.8 Å². The Kier molecular flexibility index (Phi) is 5.77. The van der Waals surface area contributed by atoms with Crippen molar-refractivity contribution in [3.63, 3.8) is 0 Å². The highest BCUT2D eigenvalue weighted by molar-refractivity contribution is 6.31. The van der Waals surface area contributed by atoms with Crippen molar-refractivity contribution in [1.82, 2.24) is 10.3 Å². The van der Waals surface area contributed by atoms with E-state index in [1.807, 2.05) is 19.2 Å². The molecule has 2 nitrogen and oxygen atoms in total. The van der Waals surface area contributed by atoms with Crippen molar-refractivity contribution in [3.05, 3.63) is 63.9 Å². The topological polar surface area (TPSA) is 24.9 Å². The van der Waals surface area contributed by atoms with E-state index in [1.54, 1.807) is 0 Å². The maximum absolute atomic E-state index is 6.28. The quantitative estimate of drug-likeness (QED) is 0.841. The number of aromatic nitrogens is 1. The third kappa shape index (κ3) is 4.29. The van der Waals surface area contributed by atoms with Gasteiger partial charge in [-0.3, -0.25) is 4.98 Å². The van der Waals surface area contributed by atoms with Gasteiger partial charge in [-0.25, -0.2) is 0 Å². The van der Waals surface area contributed by atoms with Crippen LogP contribution < -0.4 is 5.32 Å². The number of nitrogens with one attached hydrogen (secondary N) is 1. The third-order valence-corrected chi connectivity index (χ3v) is 4.16. The van der Waals surface area contributed by atoms with Crippen LogP contribution in [0.5, 0.6) is 0 Å². The minimum Gasteiger partial charge on any atom is -0.310 e. The van der Waals surface area contributed by atoms with Crippen LogP contribution in [0.25, 0.3) is 0 Å². The highest BCUT2D eigenvalue weighted by Crippen LogP contribution is 2.24. The second kappa shape index (κ2) is 7.58. The molecule has 0 spiro atoms. The highest BCUT2D eigenvalue weighted by Gasteiger charge is 2.14. The van der Waals surface area contributed by atoms with E-state index in [0.29, 0.717) is 0 Å².